The molecule has 0 atom stereocenters. The van der Waals surface area contributed by atoms with Crippen LogP contribution in [-0.2, 0) is 14.8 Å². The summed E-state index contributed by atoms with van der Waals surface area (Å²) in [5.41, 5.74) is -0.556. The van der Waals surface area contributed by atoms with Crippen molar-refractivity contribution in [2.24, 2.45) is 5.41 Å². The summed E-state index contributed by atoms with van der Waals surface area (Å²) in [5, 5.41) is 12.3. The first-order valence-corrected chi connectivity index (χ1v) is 10.6. The largest absolute Gasteiger partial charge is 0.481 e. The van der Waals surface area contributed by atoms with Crippen LogP contribution in [-0.4, -0.2) is 37.7 Å². The molecule has 1 aromatic carbocycles. The van der Waals surface area contributed by atoms with Crippen molar-refractivity contribution < 1.29 is 23.1 Å². The van der Waals surface area contributed by atoms with Gasteiger partial charge in [-0.05, 0) is 31.4 Å². The summed E-state index contributed by atoms with van der Waals surface area (Å²) in [6, 6.07) is 6.32. The topological polar surface area (TPSA) is 113 Å². The highest BCUT2D eigenvalue weighted by Crippen LogP contribution is 2.36. The van der Waals surface area contributed by atoms with Crippen LogP contribution >= 0.6 is 0 Å². The first kappa shape index (κ1) is 20.2. The van der Waals surface area contributed by atoms with Crippen molar-refractivity contribution in [3.63, 3.8) is 0 Å². The Labute approximate surface area is 154 Å². The van der Waals surface area contributed by atoms with Crippen LogP contribution in [0.4, 0.5) is 5.69 Å². The minimum atomic E-state index is -3.53. The maximum atomic E-state index is 12.6. The molecular weight excluding hydrogens is 356 g/mol. The lowest BCUT2D eigenvalue weighted by Gasteiger charge is -2.33. The zero-order chi connectivity index (χ0) is 19.2. The van der Waals surface area contributed by atoms with Gasteiger partial charge < -0.3 is 10.4 Å². The molecule has 1 saturated carbocycles. The summed E-state index contributed by atoms with van der Waals surface area (Å²) in [5.74, 6) is -1.41. The molecule has 144 valence electrons. The van der Waals surface area contributed by atoms with Crippen LogP contribution in [0.5, 0.6) is 0 Å². The number of carboxylic acid groups (broad SMARTS) is 1. The molecule has 7 nitrogen and oxygen atoms in total. The molecule has 0 aromatic heterocycles. The van der Waals surface area contributed by atoms with Gasteiger partial charge in [-0.3, -0.25) is 14.3 Å². The molecule has 0 unspecified atom stereocenters. The predicted molar refractivity (Wildman–Crippen MR) is 99.6 cm³/mol. The number of carboxylic acids is 1. The molecular formula is C18H26N2O5S. The lowest BCUT2D eigenvalue weighted by Crippen LogP contribution is -2.44. The van der Waals surface area contributed by atoms with E-state index >= 15 is 0 Å². The smallest absolute Gasteiger partial charge is 0.311 e. The molecule has 1 aliphatic carbocycles. The Bertz CT molecular complexity index is 755. The second-order valence-electron chi connectivity index (χ2n) is 6.80. The van der Waals surface area contributed by atoms with E-state index in [4.69, 9.17) is 0 Å². The van der Waals surface area contributed by atoms with Crippen LogP contribution in [0.25, 0.3) is 0 Å². The van der Waals surface area contributed by atoms with Gasteiger partial charge in [0.2, 0.25) is 10.0 Å². The number of rotatable bonds is 8. The number of para-hydroxylation sites is 1. The number of hydrogen-bond acceptors (Lipinski definition) is 4. The SMILES string of the molecule is CCCS(=O)(=O)Nc1ccccc1C(=O)NCC1(C(=O)O)CCCCC1. The second kappa shape index (κ2) is 8.53. The predicted octanol–water partition coefficient (Wildman–Crippen LogP) is 2.60. The molecule has 0 heterocycles. The van der Waals surface area contributed by atoms with Crippen molar-refractivity contribution in [1.29, 1.82) is 0 Å². The Kier molecular flexibility index (Phi) is 6.63. The molecule has 1 amide bonds. The summed E-state index contributed by atoms with van der Waals surface area (Å²) in [6.07, 6.45) is 4.20. The van der Waals surface area contributed by atoms with Crippen LogP contribution < -0.4 is 10.0 Å². The first-order valence-electron chi connectivity index (χ1n) is 8.91. The Morgan fingerprint density at radius 1 is 1.15 bits per heavy atom. The fourth-order valence-corrected chi connectivity index (χ4v) is 4.45. The third-order valence-corrected chi connectivity index (χ3v) is 6.24. The van der Waals surface area contributed by atoms with Gasteiger partial charge in [-0.15, -0.1) is 0 Å². The molecule has 0 spiro atoms. The van der Waals surface area contributed by atoms with E-state index in [0.717, 1.165) is 19.3 Å². The van der Waals surface area contributed by atoms with Crippen molar-refractivity contribution >= 4 is 27.6 Å². The number of carbonyl (C=O) groups excluding carboxylic acids is 1. The minimum absolute atomic E-state index is 0.0366. The van der Waals surface area contributed by atoms with Gasteiger partial charge in [-0.1, -0.05) is 38.3 Å². The fourth-order valence-electron chi connectivity index (χ4n) is 3.30. The van der Waals surface area contributed by atoms with Crippen molar-refractivity contribution in [3.05, 3.63) is 29.8 Å². The van der Waals surface area contributed by atoms with Crippen LogP contribution in [0.2, 0.25) is 0 Å². The average Bonchev–Trinajstić information content (AvgIpc) is 2.60. The third kappa shape index (κ3) is 4.97. The molecule has 0 saturated heterocycles. The van der Waals surface area contributed by atoms with Crippen molar-refractivity contribution in [2.45, 2.75) is 45.4 Å². The first-order chi connectivity index (χ1) is 12.3. The van der Waals surface area contributed by atoms with E-state index in [1.807, 2.05) is 0 Å². The van der Waals surface area contributed by atoms with E-state index in [0.29, 0.717) is 19.3 Å². The van der Waals surface area contributed by atoms with E-state index in [1.54, 1.807) is 19.1 Å². The van der Waals surface area contributed by atoms with Crippen LogP contribution in [0.15, 0.2) is 24.3 Å². The highest BCUT2D eigenvalue weighted by atomic mass is 32.2. The summed E-state index contributed by atoms with van der Waals surface area (Å²) in [6.45, 7) is 1.80. The molecule has 26 heavy (non-hydrogen) atoms. The minimum Gasteiger partial charge on any atom is -0.481 e. The summed E-state index contributed by atoms with van der Waals surface area (Å²) < 4.78 is 26.4. The number of benzene rings is 1. The van der Waals surface area contributed by atoms with Gasteiger partial charge >= 0.3 is 5.97 Å². The highest BCUT2D eigenvalue weighted by molar-refractivity contribution is 7.92. The second-order valence-corrected chi connectivity index (χ2v) is 8.64. The van der Waals surface area contributed by atoms with Gasteiger partial charge in [0.25, 0.3) is 5.91 Å². The summed E-state index contributed by atoms with van der Waals surface area (Å²) in [7, 11) is -3.53. The number of hydrogen-bond donors (Lipinski definition) is 3. The fraction of sp³-hybridized carbons (Fsp3) is 0.556. The van der Waals surface area contributed by atoms with Crippen molar-refractivity contribution in [3.8, 4) is 0 Å². The molecule has 1 aliphatic rings. The third-order valence-electron chi connectivity index (χ3n) is 4.76. The standard InChI is InChI=1S/C18H26N2O5S/c1-2-12-26(24,25)20-15-9-5-4-8-14(15)16(21)19-13-18(17(22)23)10-6-3-7-11-18/h4-5,8-9,20H,2-3,6-7,10-13H2,1H3,(H,19,21)(H,22,23). The molecule has 2 rings (SSSR count). The lowest BCUT2D eigenvalue weighted by atomic mass is 9.74. The van der Waals surface area contributed by atoms with E-state index < -0.39 is 27.3 Å². The summed E-state index contributed by atoms with van der Waals surface area (Å²) >= 11 is 0. The quantitative estimate of drug-likeness (QED) is 0.640. The number of aliphatic carboxylic acids is 1. The van der Waals surface area contributed by atoms with Crippen LogP contribution in [0.3, 0.4) is 0 Å². The van der Waals surface area contributed by atoms with Crippen molar-refractivity contribution in [2.75, 3.05) is 17.0 Å². The molecule has 0 aliphatic heterocycles. The van der Waals surface area contributed by atoms with E-state index in [9.17, 15) is 23.1 Å². The molecule has 1 aromatic rings. The van der Waals surface area contributed by atoms with Crippen LogP contribution in [0.1, 0.15) is 55.8 Å². The zero-order valence-corrected chi connectivity index (χ0v) is 15.8. The number of anilines is 1. The molecule has 3 N–H and O–H groups in total. The number of nitrogens with one attached hydrogen (secondary N) is 2. The maximum absolute atomic E-state index is 12.6. The van der Waals surface area contributed by atoms with Gasteiger partial charge in [-0.25, -0.2) is 8.42 Å². The number of carbonyl (C=O) groups is 2. The van der Waals surface area contributed by atoms with Gasteiger partial charge in [0, 0.05) is 6.54 Å². The number of amides is 1. The molecule has 1 fully saturated rings. The van der Waals surface area contributed by atoms with E-state index in [1.165, 1.54) is 12.1 Å². The monoisotopic (exact) mass is 382 g/mol. The Morgan fingerprint density at radius 3 is 2.42 bits per heavy atom. The van der Waals surface area contributed by atoms with Gasteiger partial charge in [-0.2, -0.15) is 0 Å². The van der Waals surface area contributed by atoms with E-state index in [-0.39, 0.29) is 23.5 Å². The maximum Gasteiger partial charge on any atom is 0.311 e. The average molecular weight is 382 g/mol. The summed E-state index contributed by atoms with van der Waals surface area (Å²) in [4.78, 5) is 24.3. The Morgan fingerprint density at radius 2 is 1.81 bits per heavy atom. The van der Waals surface area contributed by atoms with E-state index in [2.05, 4.69) is 10.0 Å². The van der Waals surface area contributed by atoms with Crippen LogP contribution in [0, 0.1) is 5.41 Å². The van der Waals surface area contributed by atoms with Crippen molar-refractivity contribution in [1.82, 2.24) is 5.32 Å². The zero-order valence-electron chi connectivity index (χ0n) is 15.0. The lowest BCUT2D eigenvalue weighted by molar-refractivity contribution is -0.150. The number of sulfonamides is 1. The Balaban J connectivity index is 2.13. The highest BCUT2D eigenvalue weighted by Gasteiger charge is 2.39. The van der Waals surface area contributed by atoms with Gasteiger partial charge in [0.1, 0.15) is 0 Å². The Hall–Kier alpha value is -2.09. The molecule has 0 radical (unpaired) electrons. The molecule has 8 heteroatoms. The normalized spacial score (nSPS) is 16.7. The van der Waals surface area contributed by atoms with Gasteiger partial charge in [0.15, 0.2) is 0 Å². The van der Waals surface area contributed by atoms with Gasteiger partial charge in [0.05, 0.1) is 22.4 Å². The molecule has 0 bridgehead atoms.